The topological polar surface area (TPSA) is 30.9 Å². The zero-order valence-corrected chi connectivity index (χ0v) is 14.3. The molecular formula is C17H34N4. The van der Waals surface area contributed by atoms with Crippen molar-refractivity contribution in [3.63, 3.8) is 0 Å². The lowest BCUT2D eigenvalue weighted by Gasteiger charge is -2.30. The summed E-state index contributed by atoms with van der Waals surface area (Å²) in [6, 6.07) is 0. The second-order valence-electron chi connectivity index (χ2n) is 6.20. The summed E-state index contributed by atoms with van der Waals surface area (Å²) in [7, 11) is 3.96. The molecule has 1 fully saturated rings. The molecule has 0 bridgehead atoms. The number of rotatable bonds is 8. The van der Waals surface area contributed by atoms with Crippen molar-refractivity contribution in [2.45, 2.75) is 39.0 Å². The first kappa shape index (κ1) is 18.0. The quantitative estimate of drug-likeness (QED) is 0.323. The average Bonchev–Trinajstić information content (AvgIpc) is 2.49. The molecule has 0 aromatic carbocycles. The number of hydrogen-bond acceptors (Lipinski definition) is 2. The van der Waals surface area contributed by atoms with E-state index in [1.165, 1.54) is 38.9 Å². The number of nitrogens with zero attached hydrogens (tertiary/aromatic N) is 3. The summed E-state index contributed by atoms with van der Waals surface area (Å²) in [5.74, 6) is 1.92. The van der Waals surface area contributed by atoms with E-state index < -0.39 is 0 Å². The molecule has 1 saturated heterocycles. The first-order chi connectivity index (χ1) is 10.2. The standard InChI is InChI=1S/C17H34N4/c1-5-6-7-12-20(4)17(18-3)19-11-8-13-21-14-9-16(2)10-15-21/h5,16H,1,6-15H2,2-4H3,(H,18,19). The van der Waals surface area contributed by atoms with Crippen LogP contribution < -0.4 is 5.32 Å². The number of unbranched alkanes of at least 4 members (excludes halogenated alkanes) is 1. The van der Waals surface area contributed by atoms with E-state index in [1.54, 1.807) is 0 Å². The van der Waals surface area contributed by atoms with Gasteiger partial charge in [0.1, 0.15) is 0 Å². The van der Waals surface area contributed by atoms with Crippen molar-refractivity contribution in [2.75, 3.05) is 46.8 Å². The van der Waals surface area contributed by atoms with E-state index in [0.717, 1.165) is 37.8 Å². The molecule has 0 spiro atoms. The molecule has 0 aromatic rings. The van der Waals surface area contributed by atoms with Gasteiger partial charge in [-0.1, -0.05) is 13.0 Å². The Bertz CT molecular complexity index is 306. The van der Waals surface area contributed by atoms with Gasteiger partial charge in [-0.15, -0.1) is 6.58 Å². The van der Waals surface area contributed by atoms with Crippen molar-refractivity contribution in [1.82, 2.24) is 15.1 Å². The van der Waals surface area contributed by atoms with Gasteiger partial charge in [0, 0.05) is 27.2 Å². The number of likely N-dealkylation sites (tertiary alicyclic amines) is 1. The zero-order valence-electron chi connectivity index (χ0n) is 14.3. The maximum Gasteiger partial charge on any atom is 0.193 e. The molecule has 0 amide bonds. The molecule has 4 heteroatoms. The van der Waals surface area contributed by atoms with Gasteiger partial charge in [0.15, 0.2) is 5.96 Å². The maximum atomic E-state index is 4.35. The minimum absolute atomic E-state index is 0.919. The largest absolute Gasteiger partial charge is 0.356 e. The van der Waals surface area contributed by atoms with Gasteiger partial charge in [-0.2, -0.15) is 0 Å². The second kappa shape index (κ2) is 10.7. The number of allylic oxidation sites excluding steroid dienone is 1. The van der Waals surface area contributed by atoms with E-state index >= 15 is 0 Å². The van der Waals surface area contributed by atoms with Crippen LogP contribution in [-0.4, -0.2) is 62.6 Å². The monoisotopic (exact) mass is 294 g/mol. The van der Waals surface area contributed by atoms with Crippen LogP contribution in [0.4, 0.5) is 0 Å². The van der Waals surface area contributed by atoms with Crippen molar-refractivity contribution < 1.29 is 0 Å². The predicted octanol–water partition coefficient (Wildman–Crippen LogP) is 2.58. The minimum Gasteiger partial charge on any atom is -0.356 e. The third-order valence-corrected chi connectivity index (χ3v) is 4.29. The first-order valence-corrected chi connectivity index (χ1v) is 8.42. The molecule has 0 atom stereocenters. The highest BCUT2D eigenvalue weighted by Gasteiger charge is 2.14. The van der Waals surface area contributed by atoms with E-state index in [4.69, 9.17) is 0 Å². The van der Waals surface area contributed by atoms with Crippen LogP contribution in [0.5, 0.6) is 0 Å². The van der Waals surface area contributed by atoms with Crippen LogP contribution in [0.1, 0.15) is 39.0 Å². The van der Waals surface area contributed by atoms with Gasteiger partial charge in [-0.25, -0.2) is 0 Å². The SMILES string of the molecule is C=CCCCN(C)C(=NC)NCCCN1CCC(C)CC1. The molecule has 0 radical (unpaired) electrons. The van der Waals surface area contributed by atoms with Gasteiger partial charge in [-0.3, -0.25) is 4.99 Å². The zero-order chi connectivity index (χ0) is 15.5. The van der Waals surface area contributed by atoms with Crippen LogP contribution >= 0.6 is 0 Å². The van der Waals surface area contributed by atoms with Crippen LogP contribution in [0.25, 0.3) is 0 Å². The minimum atomic E-state index is 0.919. The Labute approximate surface area is 131 Å². The van der Waals surface area contributed by atoms with Crippen LogP contribution in [0, 0.1) is 5.92 Å². The summed E-state index contributed by atoms with van der Waals surface area (Å²) in [5.41, 5.74) is 0. The first-order valence-electron chi connectivity index (χ1n) is 8.42. The third kappa shape index (κ3) is 7.51. The van der Waals surface area contributed by atoms with Crippen molar-refractivity contribution >= 4 is 5.96 Å². The molecule has 1 rings (SSSR count). The van der Waals surface area contributed by atoms with Gasteiger partial charge in [-0.05, 0) is 57.7 Å². The van der Waals surface area contributed by atoms with E-state index in [2.05, 4.69) is 40.7 Å². The Morgan fingerprint density at radius 1 is 1.38 bits per heavy atom. The van der Waals surface area contributed by atoms with Gasteiger partial charge in [0.2, 0.25) is 0 Å². The van der Waals surface area contributed by atoms with Crippen molar-refractivity contribution in [3.05, 3.63) is 12.7 Å². The molecular weight excluding hydrogens is 260 g/mol. The molecule has 0 saturated carbocycles. The number of hydrogen-bond donors (Lipinski definition) is 1. The molecule has 1 heterocycles. The molecule has 21 heavy (non-hydrogen) atoms. The lowest BCUT2D eigenvalue weighted by Crippen LogP contribution is -2.41. The fraction of sp³-hybridized carbons (Fsp3) is 0.824. The fourth-order valence-corrected chi connectivity index (χ4v) is 2.75. The summed E-state index contributed by atoms with van der Waals surface area (Å²) < 4.78 is 0. The number of piperidine rings is 1. The Kier molecular flexibility index (Phi) is 9.15. The molecule has 1 aliphatic heterocycles. The van der Waals surface area contributed by atoms with Gasteiger partial charge in [0.05, 0.1) is 0 Å². The van der Waals surface area contributed by atoms with Gasteiger partial charge in [0.25, 0.3) is 0 Å². The van der Waals surface area contributed by atoms with Crippen LogP contribution in [-0.2, 0) is 0 Å². The van der Waals surface area contributed by atoms with Crippen molar-refractivity contribution in [2.24, 2.45) is 10.9 Å². The van der Waals surface area contributed by atoms with E-state index in [1.807, 2.05) is 13.1 Å². The third-order valence-electron chi connectivity index (χ3n) is 4.29. The van der Waals surface area contributed by atoms with E-state index in [0.29, 0.717) is 0 Å². The Morgan fingerprint density at radius 2 is 2.10 bits per heavy atom. The lowest BCUT2D eigenvalue weighted by atomic mass is 9.99. The summed E-state index contributed by atoms with van der Waals surface area (Å²) in [5, 5.41) is 3.47. The van der Waals surface area contributed by atoms with E-state index in [9.17, 15) is 0 Å². The Balaban J connectivity index is 2.13. The highest BCUT2D eigenvalue weighted by Crippen LogP contribution is 2.15. The number of aliphatic imine (C=N–C) groups is 1. The van der Waals surface area contributed by atoms with Crippen molar-refractivity contribution in [1.29, 1.82) is 0 Å². The van der Waals surface area contributed by atoms with Gasteiger partial charge >= 0.3 is 0 Å². The smallest absolute Gasteiger partial charge is 0.193 e. The van der Waals surface area contributed by atoms with Crippen LogP contribution in [0.15, 0.2) is 17.6 Å². The van der Waals surface area contributed by atoms with Crippen molar-refractivity contribution in [3.8, 4) is 0 Å². The molecule has 0 aromatic heterocycles. The Hall–Kier alpha value is -1.03. The molecule has 4 nitrogen and oxygen atoms in total. The molecule has 122 valence electrons. The number of nitrogens with one attached hydrogen (secondary N) is 1. The normalized spacial score (nSPS) is 17.8. The summed E-state index contributed by atoms with van der Waals surface area (Å²) in [6.07, 6.45) is 8.08. The maximum absolute atomic E-state index is 4.35. The average molecular weight is 294 g/mol. The van der Waals surface area contributed by atoms with E-state index in [-0.39, 0.29) is 0 Å². The highest BCUT2D eigenvalue weighted by molar-refractivity contribution is 5.79. The molecule has 1 aliphatic rings. The molecule has 0 aliphatic carbocycles. The van der Waals surface area contributed by atoms with Gasteiger partial charge < -0.3 is 15.1 Å². The molecule has 1 N–H and O–H groups in total. The predicted molar refractivity (Wildman–Crippen MR) is 92.9 cm³/mol. The fourth-order valence-electron chi connectivity index (χ4n) is 2.75. The summed E-state index contributed by atoms with van der Waals surface area (Å²) in [6.45, 7) is 11.9. The summed E-state index contributed by atoms with van der Waals surface area (Å²) in [4.78, 5) is 9.15. The summed E-state index contributed by atoms with van der Waals surface area (Å²) >= 11 is 0. The van der Waals surface area contributed by atoms with Crippen LogP contribution in [0.3, 0.4) is 0 Å². The van der Waals surface area contributed by atoms with Crippen LogP contribution in [0.2, 0.25) is 0 Å². The highest BCUT2D eigenvalue weighted by atomic mass is 15.3. The Morgan fingerprint density at radius 3 is 2.71 bits per heavy atom. The lowest BCUT2D eigenvalue weighted by molar-refractivity contribution is 0.191. The second-order valence-corrected chi connectivity index (χ2v) is 6.20. The number of guanidine groups is 1. The molecule has 0 unspecified atom stereocenters.